The molecule has 110 valence electrons. The smallest absolute Gasteiger partial charge is 0.250 e. The summed E-state index contributed by atoms with van der Waals surface area (Å²) in [7, 11) is -3.53. The van der Waals surface area contributed by atoms with Crippen molar-refractivity contribution in [3.63, 3.8) is 0 Å². The van der Waals surface area contributed by atoms with Crippen LogP contribution in [-0.4, -0.2) is 26.7 Å². The Hall–Kier alpha value is 0.340. The van der Waals surface area contributed by atoms with Crippen molar-refractivity contribution < 1.29 is 13.5 Å². The van der Waals surface area contributed by atoms with Crippen LogP contribution < -0.4 is 4.72 Å². The van der Waals surface area contributed by atoms with Crippen LogP contribution in [0.3, 0.4) is 0 Å². The van der Waals surface area contributed by atoms with E-state index >= 15 is 0 Å². The van der Waals surface area contributed by atoms with Crippen LogP contribution in [0.25, 0.3) is 0 Å². The van der Waals surface area contributed by atoms with Crippen LogP contribution in [0.4, 0.5) is 0 Å². The van der Waals surface area contributed by atoms with E-state index in [9.17, 15) is 8.42 Å². The van der Waals surface area contributed by atoms with Crippen molar-refractivity contribution in [2.24, 2.45) is 5.41 Å². The van der Waals surface area contributed by atoms with E-state index in [1.54, 1.807) is 0 Å². The second kappa shape index (κ2) is 6.87. The van der Waals surface area contributed by atoms with E-state index in [4.69, 9.17) is 16.7 Å². The number of aliphatic hydroxyl groups excluding tert-OH is 1. The molecule has 1 aromatic rings. The molecule has 0 aliphatic heterocycles. The van der Waals surface area contributed by atoms with Gasteiger partial charge in [-0.2, -0.15) is 0 Å². The topological polar surface area (TPSA) is 66.4 Å². The van der Waals surface area contributed by atoms with E-state index in [-0.39, 0.29) is 16.2 Å². The molecule has 0 aromatic carbocycles. The number of aliphatic hydroxyl groups is 1. The first-order chi connectivity index (χ1) is 8.68. The standard InChI is InChI=1S/C11H17BrClNO3S2/c1-11(2,4-3-5-15)7-14-19(16,17)9-6-8(13)10(12)18-9/h6,14-15H,3-5,7H2,1-2H3. The van der Waals surface area contributed by atoms with Gasteiger partial charge in [0.05, 0.1) is 8.81 Å². The maximum atomic E-state index is 12.1. The van der Waals surface area contributed by atoms with E-state index in [1.165, 1.54) is 6.07 Å². The highest BCUT2D eigenvalue weighted by Gasteiger charge is 2.24. The lowest BCUT2D eigenvalue weighted by Gasteiger charge is -2.24. The van der Waals surface area contributed by atoms with Gasteiger partial charge in [0.15, 0.2) is 0 Å². The molecule has 1 rings (SSSR count). The molecule has 0 radical (unpaired) electrons. The van der Waals surface area contributed by atoms with E-state index < -0.39 is 10.0 Å². The summed E-state index contributed by atoms with van der Waals surface area (Å²) in [5, 5.41) is 9.21. The van der Waals surface area contributed by atoms with Crippen LogP contribution in [-0.2, 0) is 10.0 Å². The summed E-state index contributed by atoms with van der Waals surface area (Å²) < 4.78 is 27.6. The Morgan fingerprint density at radius 2 is 2.16 bits per heavy atom. The molecule has 1 heterocycles. The van der Waals surface area contributed by atoms with Crippen molar-refractivity contribution in [3.8, 4) is 0 Å². The van der Waals surface area contributed by atoms with E-state index in [0.29, 0.717) is 21.8 Å². The fourth-order valence-electron chi connectivity index (χ4n) is 1.47. The van der Waals surface area contributed by atoms with Crippen molar-refractivity contribution in [1.29, 1.82) is 0 Å². The molecule has 8 heteroatoms. The number of thiophene rings is 1. The number of hydrogen-bond donors (Lipinski definition) is 2. The van der Waals surface area contributed by atoms with Crippen molar-refractivity contribution >= 4 is 48.9 Å². The molecular formula is C11H17BrClNO3S2. The van der Waals surface area contributed by atoms with Crippen LogP contribution >= 0.6 is 38.9 Å². The average molecular weight is 391 g/mol. The summed E-state index contributed by atoms with van der Waals surface area (Å²) in [6, 6.07) is 1.43. The van der Waals surface area contributed by atoms with Gasteiger partial charge in [0.1, 0.15) is 4.21 Å². The first-order valence-corrected chi connectivity index (χ1v) is 9.20. The largest absolute Gasteiger partial charge is 0.396 e. The van der Waals surface area contributed by atoms with Crippen molar-refractivity contribution in [2.75, 3.05) is 13.2 Å². The molecule has 4 nitrogen and oxygen atoms in total. The van der Waals surface area contributed by atoms with Crippen LogP contribution in [0.15, 0.2) is 14.1 Å². The molecule has 2 N–H and O–H groups in total. The minimum atomic E-state index is -3.53. The lowest BCUT2D eigenvalue weighted by Crippen LogP contribution is -2.33. The van der Waals surface area contributed by atoms with Gasteiger partial charge in [-0.05, 0) is 40.3 Å². The Morgan fingerprint density at radius 1 is 1.53 bits per heavy atom. The fourth-order valence-corrected chi connectivity index (χ4v) is 5.15. The quantitative estimate of drug-likeness (QED) is 0.751. The maximum absolute atomic E-state index is 12.1. The highest BCUT2D eigenvalue weighted by molar-refractivity contribution is 9.11. The first-order valence-electron chi connectivity index (χ1n) is 5.73. The van der Waals surface area contributed by atoms with Crippen molar-refractivity contribution in [2.45, 2.75) is 30.9 Å². The molecule has 0 bridgehead atoms. The van der Waals surface area contributed by atoms with Gasteiger partial charge in [-0.25, -0.2) is 13.1 Å². The molecule has 0 unspecified atom stereocenters. The van der Waals surface area contributed by atoms with Gasteiger partial charge >= 0.3 is 0 Å². The summed E-state index contributed by atoms with van der Waals surface area (Å²) in [6.45, 7) is 4.36. The zero-order valence-electron chi connectivity index (χ0n) is 10.7. The van der Waals surface area contributed by atoms with Crippen LogP contribution in [0, 0.1) is 5.41 Å². The van der Waals surface area contributed by atoms with E-state index in [1.807, 2.05) is 13.8 Å². The number of halogens is 2. The molecule has 19 heavy (non-hydrogen) atoms. The van der Waals surface area contributed by atoms with Crippen molar-refractivity contribution in [1.82, 2.24) is 4.72 Å². The van der Waals surface area contributed by atoms with Gasteiger partial charge in [0, 0.05) is 13.2 Å². The third kappa shape index (κ3) is 5.32. The van der Waals surface area contributed by atoms with Crippen LogP contribution in [0.2, 0.25) is 5.02 Å². The molecule has 0 saturated heterocycles. The highest BCUT2D eigenvalue weighted by atomic mass is 79.9. The number of nitrogens with one attached hydrogen (secondary N) is 1. The third-order valence-corrected chi connectivity index (χ3v) is 6.99. The van der Waals surface area contributed by atoms with Crippen LogP contribution in [0.1, 0.15) is 26.7 Å². The SMILES string of the molecule is CC(C)(CCCO)CNS(=O)(=O)c1cc(Cl)c(Br)s1. The number of hydrogen-bond acceptors (Lipinski definition) is 4. The predicted octanol–water partition coefficient (Wildman–Crippen LogP) is 3.24. The molecule has 0 fully saturated rings. The monoisotopic (exact) mass is 389 g/mol. The summed E-state index contributed by atoms with van der Waals surface area (Å²) in [4.78, 5) is 0. The summed E-state index contributed by atoms with van der Waals surface area (Å²) >= 11 is 10.1. The maximum Gasteiger partial charge on any atom is 0.250 e. The number of rotatable bonds is 7. The Morgan fingerprint density at radius 3 is 2.63 bits per heavy atom. The fraction of sp³-hybridized carbons (Fsp3) is 0.636. The minimum Gasteiger partial charge on any atom is -0.396 e. The molecule has 0 spiro atoms. The lowest BCUT2D eigenvalue weighted by atomic mass is 9.88. The van der Waals surface area contributed by atoms with Gasteiger partial charge in [-0.3, -0.25) is 0 Å². The molecule has 0 saturated carbocycles. The summed E-state index contributed by atoms with van der Waals surface area (Å²) in [5.41, 5.74) is -0.200. The predicted molar refractivity (Wildman–Crippen MR) is 82.3 cm³/mol. The van der Waals surface area contributed by atoms with Gasteiger partial charge in [-0.15, -0.1) is 11.3 Å². The minimum absolute atomic E-state index is 0.115. The van der Waals surface area contributed by atoms with Crippen molar-refractivity contribution in [3.05, 3.63) is 14.9 Å². The van der Waals surface area contributed by atoms with Gasteiger partial charge in [-0.1, -0.05) is 25.4 Å². The highest BCUT2D eigenvalue weighted by Crippen LogP contribution is 2.34. The van der Waals surface area contributed by atoms with Gasteiger partial charge < -0.3 is 5.11 Å². The number of sulfonamides is 1. The molecule has 0 aliphatic rings. The zero-order valence-corrected chi connectivity index (χ0v) is 14.7. The van der Waals surface area contributed by atoms with Crippen LogP contribution in [0.5, 0.6) is 0 Å². The van der Waals surface area contributed by atoms with E-state index in [2.05, 4.69) is 20.7 Å². The van der Waals surface area contributed by atoms with Gasteiger partial charge in [0.2, 0.25) is 10.0 Å². The molecule has 0 aliphatic carbocycles. The first kappa shape index (κ1) is 17.4. The Balaban J connectivity index is 2.70. The Kier molecular flexibility index (Phi) is 6.28. The molecule has 0 atom stereocenters. The average Bonchev–Trinajstić information content (AvgIpc) is 2.66. The molecule has 1 aromatic heterocycles. The summed E-state index contributed by atoms with van der Waals surface area (Å²) in [5.74, 6) is 0. The summed E-state index contributed by atoms with van der Waals surface area (Å²) in [6.07, 6.45) is 1.41. The Labute approximate surface area is 131 Å². The van der Waals surface area contributed by atoms with Gasteiger partial charge in [0.25, 0.3) is 0 Å². The Bertz CT molecular complexity index is 509. The molecular weight excluding hydrogens is 374 g/mol. The lowest BCUT2D eigenvalue weighted by molar-refractivity contribution is 0.242. The normalized spacial score (nSPS) is 12.9. The molecule has 0 amide bonds. The second-order valence-electron chi connectivity index (χ2n) is 5.00. The second-order valence-corrected chi connectivity index (χ2v) is 9.77. The zero-order chi connectivity index (χ0) is 14.7. The van der Waals surface area contributed by atoms with E-state index in [0.717, 1.165) is 17.8 Å². The third-order valence-electron chi connectivity index (χ3n) is 2.64.